The fourth-order valence-electron chi connectivity index (χ4n) is 3.79. The maximum atomic E-state index is 13.3. The van der Waals surface area contributed by atoms with Gasteiger partial charge in [0.05, 0.1) is 11.1 Å². The summed E-state index contributed by atoms with van der Waals surface area (Å²) < 4.78 is 0. The second-order valence-corrected chi connectivity index (χ2v) is 6.78. The third-order valence-electron chi connectivity index (χ3n) is 5.13. The molecule has 0 N–H and O–H groups in total. The fraction of sp³-hybridized carbons (Fsp3) is 0.474. The number of hydrogen-bond donors (Lipinski definition) is 0. The number of imide groups is 1. The van der Waals surface area contributed by atoms with Crippen LogP contribution in [0, 0.1) is 0 Å². The quantitative estimate of drug-likeness (QED) is 0.763. The number of benzene rings is 1. The summed E-state index contributed by atoms with van der Waals surface area (Å²) in [7, 11) is 1.75. The van der Waals surface area contributed by atoms with Gasteiger partial charge in [0.25, 0.3) is 17.7 Å². The highest BCUT2D eigenvalue weighted by atomic mass is 16.2. The largest absolute Gasteiger partial charge is 0.298 e. The minimum absolute atomic E-state index is 0.0953. The minimum atomic E-state index is -0.926. The molecule has 1 fully saturated rings. The molecule has 2 aliphatic rings. The summed E-state index contributed by atoms with van der Waals surface area (Å²) in [6.45, 7) is 3.87. The molecule has 26 heavy (non-hydrogen) atoms. The first-order valence-corrected chi connectivity index (χ1v) is 8.90. The molecule has 7 heteroatoms. The van der Waals surface area contributed by atoms with Crippen LogP contribution >= 0.6 is 0 Å². The number of carbonyl (C=O) groups excluding carboxylic acids is 4. The lowest BCUT2D eigenvalue weighted by molar-refractivity contribution is -0.166. The molecule has 0 unspecified atom stereocenters. The van der Waals surface area contributed by atoms with Crippen LogP contribution in [-0.2, 0) is 9.59 Å². The number of amides is 3. The number of nitrogens with zero attached hydrogens (tertiary/aromatic N) is 3. The molecule has 2 atom stereocenters. The van der Waals surface area contributed by atoms with E-state index < -0.39 is 23.9 Å². The van der Waals surface area contributed by atoms with E-state index in [-0.39, 0.29) is 11.7 Å². The Bertz CT molecular complexity index is 741. The Kier molecular flexibility index (Phi) is 4.91. The Morgan fingerprint density at radius 3 is 2.23 bits per heavy atom. The van der Waals surface area contributed by atoms with E-state index in [1.165, 1.54) is 11.9 Å². The SMILES string of the molecule is CC[C@@H](C(=O)N1[C@H](C(C)=O)CCCN1C)N1C(=O)c2ccccc2C1=O. The first-order valence-electron chi connectivity index (χ1n) is 8.90. The van der Waals surface area contributed by atoms with Crippen LogP contribution in [0.25, 0.3) is 0 Å². The molecule has 1 saturated heterocycles. The number of carbonyl (C=O) groups is 4. The van der Waals surface area contributed by atoms with Crippen molar-refractivity contribution in [3.63, 3.8) is 0 Å². The molecule has 0 aromatic heterocycles. The number of hydrazine groups is 1. The molecule has 3 rings (SSSR count). The van der Waals surface area contributed by atoms with Gasteiger partial charge in [-0.2, -0.15) is 0 Å². The number of fused-ring (bicyclic) bond motifs is 1. The highest BCUT2D eigenvalue weighted by Gasteiger charge is 2.45. The van der Waals surface area contributed by atoms with Gasteiger partial charge in [0.2, 0.25) is 0 Å². The molecule has 0 aliphatic carbocycles. The molecule has 2 aliphatic heterocycles. The van der Waals surface area contributed by atoms with Gasteiger partial charge in [-0.25, -0.2) is 5.01 Å². The van der Waals surface area contributed by atoms with Gasteiger partial charge in [-0.05, 0) is 38.3 Å². The monoisotopic (exact) mass is 357 g/mol. The number of ketones is 1. The normalized spacial score (nSPS) is 21.7. The summed E-state index contributed by atoms with van der Waals surface area (Å²) in [5.74, 6) is -1.39. The van der Waals surface area contributed by atoms with Crippen LogP contribution < -0.4 is 0 Å². The Morgan fingerprint density at radius 1 is 1.15 bits per heavy atom. The van der Waals surface area contributed by atoms with E-state index >= 15 is 0 Å². The molecular weight excluding hydrogens is 334 g/mol. The molecule has 0 spiro atoms. The lowest BCUT2D eigenvalue weighted by Gasteiger charge is -2.43. The molecule has 138 valence electrons. The Hall–Kier alpha value is -2.54. The molecule has 3 amide bonds. The van der Waals surface area contributed by atoms with Crippen LogP contribution in [-0.4, -0.2) is 64.1 Å². The second-order valence-electron chi connectivity index (χ2n) is 6.78. The van der Waals surface area contributed by atoms with Crippen molar-refractivity contribution in [2.45, 2.75) is 45.2 Å². The van der Waals surface area contributed by atoms with Crippen molar-refractivity contribution in [2.24, 2.45) is 0 Å². The molecule has 0 radical (unpaired) electrons. The van der Waals surface area contributed by atoms with Crippen molar-refractivity contribution < 1.29 is 19.2 Å². The number of hydrogen-bond acceptors (Lipinski definition) is 5. The van der Waals surface area contributed by atoms with E-state index in [1.54, 1.807) is 43.2 Å². The summed E-state index contributed by atoms with van der Waals surface area (Å²) >= 11 is 0. The van der Waals surface area contributed by atoms with E-state index in [0.717, 1.165) is 11.3 Å². The molecular formula is C19H23N3O4. The number of rotatable bonds is 4. The second kappa shape index (κ2) is 6.99. The maximum Gasteiger partial charge on any atom is 0.262 e. The summed E-state index contributed by atoms with van der Waals surface area (Å²) in [5, 5.41) is 3.16. The number of Topliss-reactive ketones (excluding diaryl/α,β-unsaturated/α-hetero) is 1. The zero-order valence-corrected chi connectivity index (χ0v) is 15.3. The zero-order chi connectivity index (χ0) is 19.0. The van der Waals surface area contributed by atoms with E-state index in [2.05, 4.69) is 0 Å². The molecule has 7 nitrogen and oxygen atoms in total. The van der Waals surface area contributed by atoms with Crippen LogP contribution in [0.1, 0.15) is 53.8 Å². The van der Waals surface area contributed by atoms with Gasteiger partial charge in [0.1, 0.15) is 12.1 Å². The first kappa shape index (κ1) is 18.3. The summed E-state index contributed by atoms with van der Waals surface area (Å²) in [5.41, 5.74) is 0.637. The zero-order valence-electron chi connectivity index (χ0n) is 15.3. The third-order valence-corrected chi connectivity index (χ3v) is 5.13. The Labute approximate surface area is 152 Å². The van der Waals surface area contributed by atoms with E-state index in [9.17, 15) is 19.2 Å². The third kappa shape index (κ3) is 2.82. The standard InChI is InChI=1S/C19H23N3O4/c1-4-15(19(26)22-16(12(2)23)10-7-11-20(22)3)21-17(24)13-8-5-6-9-14(13)18(21)25/h5-6,8-9,15-16H,4,7,10-11H2,1-3H3/t15-,16-/m0/s1. The maximum absolute atomic E-state index is 13.3. The van der Waals surface area contributed by atoms with Crippen molar-refractivity contribution in [2.75, 3.05) is 13.6 Å². The van der Waals surface area contributed by atoms with E-state index in [1.807, 2.05) is 0 Å². The summed E-state index contributed by atoms with van der Waals surface area (Å²) in [4.78, 5) is 51.8. The Balaban J connectivity index is 1.94. The highest BCUT2D eigenvalue weighted by Crippen LogP contribution is 2.28. The molecule has 0 bridgehead atoms. The van der Waals surface area contributed by atoms with Crippen molar-refractivity contribution in [1.82, 2.24) is 14.9 Å². The molecule has 2 heterocycles. The average molecular weight is 357 g/mol. The lowest BCUT2D eigenvalue weighted by atomic mass is 10.0. The van der Waals surface area contributed by atoms with Crippen LogP contribution in [0.2, 0.25) is 0 Å². The van der Waals surface area contributed by atoms with Gasteiger partial charge < -0.3 is 0 Å². The first-order chi connectivity index (χ1) is 12.4. The summed E-state index contributed by atoms with van der Waals surface area (Å²) in [6, 6.07) is 5.10. The minimum Gasteiger partial charge on any atom is -0.298 e. The predicted molar refractivity (Wildman–Crippen MR) is 94.2 cm³/mol. The van der Waals surface area contributed by atoms with Crippen LogP contribution in [0.4, 0.5) is 0 Å². The Morgan fingerprint density at radius 2 is 1.73 bits per heavy atom. The van der Waals surface area contributed by atoms with Crippen LogP contribution in [0.15, 0.2) is 24.3 Å². The van der Waals surface area contributed by atoms with Gasteiger partial charge >= 0.3 is 0 Å². The van der Waals surface area contributed by atoms with Gasteiger partial charge in [-0.1, -0.05) is 19.1 Å². The van der Waals surface area contributed by atoms with Crippen LogP contribution in [0.5, 0.6) is 0 Å². The summed E-state index contributed by atoms with van der Waals surface area (Å²) in [6.07, 6.45) is 1.69. The van der Waals surface area contributed by atoms with Crippen molar-refractivity contribution in [3.05, 3.63) is 35.4 Å². The average Bonchev–Trinajstić information content (AvgIpc) is 2.87. The highest BCUT2D eigenvalue weighted by molar-refractivity contribution is 6.22. The molecule has 1 aromatic rings. The van der Waals surface area contributed by atoms with Crippen molar-refractivity contribution >= 4 is 23.5 Å². The fourth-order valence-corrected chi connectivity index (χ4v) is 3.79. The van der Waals surface area contributed by atoms with Crippen molar-refractivity contribution in [1.29, 1.82) is 0 Å². The predicted octanol–water partition coefficient (Wildman–Crippen LogP) is 1.49. The topological polar surface area (TPSA) is 78.0 Å². The molecule has 0 saturated carbocycles. The van der Waals surface area contributed by atoms with E-state index in [4.69, 9.17) is 0 Å². The van der Waals surface area contributed by atoms with E-state index in [0.29, 0.717) is 30.5 Å². The van der Waals surface area contributed by atoms with Gasteiger partial charge in [0, 0.05) is 13.6 Å². The van der Waals surface area contributed by atoms with Crippen molar-refractivity contribution in [3.8, 4) is 0 Å². The smallest absolute Gasteiger partial charge is 0.262 e. The van der Waals surface area contributed by atoms with Gasteiger partial charge in [-0.15, -0.1) is 0 Å². The van der Waals surface area contributed by atoms with Gasteiger partial charge in [0.15, 0.2) is 5.78 Å². The van der Waals surface area contributed by atoms with Gasteiger partial charge in [-0.3, -0.25) is 29.1 Å². The van der Waals surface area contributed by atoms with Crippen LogP contribution in [0.3, 0.4) is 0 Å². The molecule has 1 aromatic carbocycles. The lowest BCUT2D eigenvalue weighted by Crippen LogP contribution is -2.61.